The third-order valence-electron chi connectivity index (χ3n) is 3.00. The average Bonchev–Trinajstić information content (AvgIpc) is 2.47. The van der Waals surface area contributed by atoms with Crippen molar-refractivity contribution in [2.45, 2.75) is 24.8 Å². The molecule has 0 fully saturated rings. The summed E-state index contributed by atoms with van der Waals surface area (Å²) in [5.41, 5.74) is 1.33. The Kier molecular flexibility index (Phi) is 4.89. The maximum absolute atomic E-state index is 12.3. The minimum Gasteiger partial charge on any atom is -0.326 e. The highest BCUT2D eigenvalue weighted by atomic mass is 32.2. The van der Waals surface area contributed by atoms with Crippen LogP contribution in [0.5, 0.6) is 0 Å². The van der Waals surface area contributed by atoms with Gasteiger partial charge in [-0.05, 0) is 42.8 Å². The van der Waals surface area contributed by atoms with E-state index in [1.165, 1.54) is 19.1 Å². The summed E-state index contributed by atoms with van der Waals surface area (Å²) < 4.78 is 27.3. The van der Waals surface area contributed by atoms with Crippen LogP contribution in [0, 0.1) is 0 Å². The van der Waals surface area contributed by atoms with Crippen molar-refractivity contribution in [1.82, 2.24) is 9.71 Å². The Balaban J connectivity index is 2.15. The van der Waals surface area contributed by atoms with Gasteiger partial charge in [0.05, 0.1) is 4.90 Å². The molecular weight excluding hydrogens is 302 g/mol. The summed E-state index contributed by atoms with van der Waals surface area (Å²) in [6.45, 7) is 3.14. The predicted molar refractivity (Wildman–Crippen MR) is 83.7 cm³/mol. The molecule has 0 aliphatic rings. The Morgan fingerprint density at radius 3 is 2.41 bits per heavy atom. The Hall–Kier alpha value is -2.25. The third kappa shape index (κ3) is 4.12. The molecule has 0 spiro atoms. The van der Waals surface area contributed by atoms with Gasteiger partial charge in [-0.1, -0.05) is 6.07 Å². The molecule has 2 rings (SSSR count). The smallest absolute Gasteiger partial charge is 0.241 e. The highest BCUT2D eigenvalue weighted by Crippen LogP contribution is 2.18. The minimum atomic E-state index is -3.64. The zero-order chi connectivity index (χ0) is 16.2. The summed E-state index contributed by atoms with van der Waals surface area (Å²) in [7, 11) is -3.64. The van der Waals surface area contributed by atoms with Gasteiger partial charge in [-0.15, -0.1) is 0 Å². The van der Waals surface area contributed by atoms with Gasteiger partial charge in [-0.3, -0.25) is 9.78 Å². The Morgan fingerprint density at radius 2 is 1.86 bits per heavy atom. The van der Waals surface area contributed by atoms with Gasteiger partial charge in [0.2, 0.25) is 15.9 Å². The molecule has 2 aromatic rings. The summed E-state index contributed by atoms with van der Waals surface area (Å²) in [4.78, 5) is 15.1. The average molecular weight is 319 g/mol. The quantitative estimate of drug-likeness (QED) is 0.883. The lowest BCUT2D eigenvalue weighted by Gasteiger charge is -2.14. The standard InChI is InChI=1S/C15H17N3O3S/c1-11(13-4-3-9-16-10-13)18-22(20,21)15-7-5-14(6-8-15)17-12(2)19/h3-11,18H,1-2H3,(H,17,19)/t11-/m1/s1. The molecule has 0 aliphatic heterocycles. The molecule has 0 saturated heterocycles. The second-order valence-electron chi connectivity index (χ2n) is 4.83. The molecule has 0 unspecified atom stereocenters. The number of sulfonamides is 1. The van der Waals surface area contributed by atoms with Crippen molar-refractivity contribution in [3.05, 3.63) is 54.4 Å². The topological polar surface area (TPSA) is 88.2 Å². The van der Waals surface area contributed by atoms with Gasteiger partial charge in [0.15, 0.2) is 0 Å². The molecule has 0 radical (unpaired) electrons. The van der Waals surface area contributed by atoms with Crippen LogP contribution in [-0.2, 0) is 14.8 Å². The predicted octanol–water partition coefficient (Wildman–Crippen LogP) is 2.08. The van der Waals surface area contributed by atoms with E-state index < -0.39 is 16.1 Å². The zero-order valence-electron chi connectivity index (χ0n) is 12.3. The Bertz CT molecular complexity index is 743. The number of nitrogens with zero attached hydrogens (tertiary/aromatic N) is 1. The maximum Gasteiger partial charge on any atom is 0.241 e. The molecule has 22 heavy (non-hydrogen) atoms. The molecule has 0 aliphatic carbocycles. The Labute approximate surface area is 129 Å². The number of hydrogen-bond acceptors (Lipinski definition) is 4. The highest BCUT2D eigenvalue weighted by molar-refractivity contribution is 7.89. The van der Waals surface area contributed by atoms with Crippen molar-refractivity contribution in [1.29, 1.82) is 0 Å². The van der Waals surface area contributed by atoms with Crippen LogP contribution in [0.2, 0.25) is 0 Å². The number of hydrogen-bond donors (Lipinski definition) is 2. The van der Waals surface area contributed by atoms with E-state index in [0.29, 0.717) is 5.69 Å². The second-order valence-corrected chi connectivity index (χ2v) is 6.55. The summed E-state index contributed by atoms with van der Waals surface area (Å²) in [6.07, 6.45) is 3.25. The highest BCUT2D eigenvalue weighted by Gasteiger charge is 2.18. The van der Waals surface area contributed by atoms with Crippen molar-refractivity contribution in [2.24, 2.45) is 0 Å². The van der Waals surface area contributed by atoms with Crippen LogP contribution in [0.15, 0.2) is 53.7 Å². The molecule has 1 atom stereocenters. The van der Waals surface area contributed by atoms with E-state index in [9.17, 15) is 13.2 Å². The number of pyridine rings is 1. The van der Waals surface area contributed by atoms with Crippen LogP contribution in [0.1, 0.15) is 25.5 Å². The van der Waals surface area contributed by atoms with Crippen LogP contribution in [0.4, 0.5) is 5.69 Å². The van der Waals surface area contributed by atoms with E-state index in [4.69, 9.17) is 0 Å². The van der Waals surface area contributed by atoms with Crippen molar-refractivity contribution in [3.63, 3.8) is 0 Å². The fraction of sp³-hybridized carbons (Fsp3) is 0.200. The van der Waals surface area contributed by atoms with Crippen LogP contribution >= 0.6 is 0 Å². The molecule has 1 aromatic heterocycles. The minimum absolute atomic E-state index is 0.136. The summed E-state index contributed by atoms with van der Waals surface area (Å²) in [5, 5.41) is 2.59. The fourth-order valence-electron chi connectivity index (χ4n) is 1.92. The van der Waals surface area contributed by atoms with Gasteiger partial charge in [-0.2, -0.15) is 0 Å². The van der Waals surface area contributed by atoms with Crippen LogP contribution in [-0.4, -0.2) is 19.3 Å². The zero-order valence-corrected chi connectivity index (χ0v) is 13.1. The molecule has 1 aromatic carbocycles. The first-order valence-corrected chi connectivity index (χ1v) is 8.17. The molecular formula is C15H17N3O3S. The first-order chi connectivity index (χ1) is 10.4. The lowest BCUT2D eigenvalue weighted by Crippen LogP contribution is -2.27. The number of carbonyl (C=O) groups is 1. The van der Waals surface area contributed by atoms with E-state index >= 15 is 0 Å². The van der Waals surface area contributed by atoms with Crippen molar-refractivity contribution >= 4 is 21.6 Å². The van der Waals surface area contributed by atoms with Gasteiger partial charge in [0.1, 0.15) is 0 Å². The monoisotopic (exact) mass is 319 g/mol. The van der Waals surface area contributed by atoms with E-state index in [1.54, 1.807) is 43.6 Å². The number of anilines is 1. The number of benzene rings is 1. The van der Waals surface area contributed by atoms with Gasteiger partial charge in [0, 0.05) is 31.0 Å². The van der Waals surface area contributed by atoms with E-state index in [-0.39, 0.29) is 10.8 Å². The SMILES string of the molecule is CC(=O)Nc1ccc(S(=O)(=O)N[C@H](C)c2cccnc2)cc1. The molecule has 2 N–H and O–H groups in total. The molecule has 6 nitrogen and oxygen atoms in total. The third-order valence-corrected chi connectivity index (χ3v) is 4.56. The van der Waals surface area contributed by atoms with E-state index in [1.807, 2.05) is 0 Å². The normalized spacial score (nSPS) is 12.6. The van der Waals surface area contributed by atoms with Gasteiger partial charge >= 0.3 is 0 Å². The first-order valence-electron chi connectivity index (χ1n) is 6.68. The maximum atomic E-state index is 12.3. The summed E-state index contributed by atoms with van der Waals surface area (Å²) in [6, 6.07) is 9.15. The fourth-order valence-corrected chi connectivity index (χ4v) is 3.15. The number of nitrogens with one attached hydrogen (secondary N) is 2. The molecule has 0 saturated carbocycles. The summed E-state index contributed by atoms with van der Waals surface area (Å²) in [5.74, 6) is -0.209. The summed E-state index contributed by atoms with van der Waals surface area (Å²) >= 11 is 0. The number of aromatic nitrogens is 1. The van der Waals surface area contributed by atoms with Gasteiger partial charge in [0.25, 0.3) is 0 Å². The van der Waals surface area contributed by atoms with E-state index in [2.05, 4.69) is 15.0 Å². The lowest BCUT2D eigenvalue weighted by atomic mass is 10.2. The van der Waals surface area contributed by atoms with Crippen LogP contribution in [0.25, 0.3) is 0 Å². The molecule has 1 amide bonds. The first kappa shape index (κ1) is 16.1. The number of amides is 1. The van der Waals surface area contributed by atoms with Crippen LogP contribution < -0.4 is 10.0 Å². The van der Waals surface area contributed by atoms with Gasteiger partial charge in [-0.25, -0.2) is 13.1 Å². The number of rotatable bonds is 5. The van der Waals surface area contributed by atoms with Gasteiger partial charge < -0.3 is 5.32 Å². The largest absolute Gasteiger partial charge is 0.326 e. The molecule has 7 heteroatoms. The number of carbonyl (C=O) groups excluding carboxylic acids is 1. The second kappa shape index (κ2) is 6.67. The van der Waals surface area contributed by atoms with Crippen molar-refractivity contribution < 1.29 is 13.2 Å². The molecule has 0 bridgehead atoms. The van der Waals surface area contributed by atoms with E-state index in [0.717, 1.165) is 5.56 Å². The Morgan fingerprint density at radius 1 is 1.18 bits per heavy atom. The molecule has 1 heterocycles. The molecule has 116 valence electrons. The lowest BCUT2D eigenvalue weighted by molar-refractivity contribution is -0.114. The van der Waals surface area contributed by atoms with Crippen LogP contribution in [0.3, 0.4) is 0 Å². The van der Waals surface area contributed by atoms with Crippen molar-refractivity contribution in [2.75, 3.05) is 5.32 Å². The van der Waals surface area contributed by atoms with Crippen molar-refractivity contribution in [3.8, 4) is 0 Å².